The summed E-state index contributed by atoms with van der Waals surface area (Å²) < 4.78 is 1.49. The molecule has 9 heteroatoms. The molecule has 0 atom stereocenters. The van der Waals surface area contributed by atoms with Crippen LogP contribution in [0, 0.1) is 6.92 Å². The summed E-state index contributed by atoms with van der Waals surface area (Å²) in [6, 6.07) is 9.38. The molecule has 0 unspecified atom stereocenters. The molecule has 1 aromatic carbocycles. The maximum Gasteiger partial charge on any atom is 0.277 e. The van der Waals surface area contributed by atoms with Gasteiger partial charge in [0.25, 0.3) is 5.91 Å². The van der Waals surface area contributed by atoms with Crippen LogP contribution in [0.15, 0.2) is 36.5 Å². The minimum absolute atomic E-state index is 0.271. The first kappa shape index (κ1) is 17.9. The van der Waals surface area contributed by atoms with Crippen LogP contribution >= 0.6 is 0 Å². The van der Waals surface area contributed by atoms with Gasteiger partial charge in [-0.25, -0.2) is 4.98 Å². The number of carbonyl (C=O) groups is 1. The first-order valence-corrected chi connectivity index (χ1v) is 9.22. The van der Waals surface area contributed by atoms with Crippen molar-refractivity contribution in [2.75, 3.05) is 28.6 Å². The molecule has 0 spiro atoms. The third-order valence-electron chi connectivity index (χ3n) is 4.50. The summed E-state index contributed by atoms with van der Waals surface area (Å²) in [5.41, 5.74) is 2.71. The highest BCUT2D eigenvalue weighted by Crippen LogP contribution is 2.22. The van der Waals surface area contributed by atoms with Gasteiger partial charge in [0.05, 0.1) is 6.20 Å². The number of aromatic nitrogens is 5. The van der Waals surface area contributed by atoms with Gasteiger partial charge < -0.3 is 15.5 Å². The number of nitrogens with zero attached hydrogens (tertiary/aromatic N) is 6. The third kappa shape index (κ3) is 4.08. The number of anilines is 4. The lowest BCUT2D eigenvalue weighted by Crippen LogP contribution is -2.19. The molecule has 1 aliphatic heterocycles. The van der Waals surface area contributed by atoms with E-state index < -0.39 is 0 Å². The van der Waals surface area contributed by atoms with E-state index >= 15 is 0 Å². The van der Waals surface area contributed by atoms with Crippen molar-refractivity contribution in [1.29, 1.82) is 0 Å². The summed E-state index contributed by atoms with van der Waals surface area (Å²) in [5.74, 6) is 1.23. The van der Waals surface area contributed by atoms with E-state index in [0.29, 0.717) is 11.6 Å². The first-order valence-electron chi connectivity index (χ1n) is 9.22. The van der Waals surface area contributed by atoms with Crippen molar-refractivity contribution in [3.05, 3.63) is 47.9 Å². The predicted molar refractivity (Wildman–Crippen MR) is 107 cm³/mol. The fourth-order valence-corrected chi connectivity index (χ4v) is 3.13. The molecule has 3 aromatic rings. The highest BCUT2D eigenvalue weighted by molar-refractivity contribution is 6.02. The Hall–Kier alpha value is -3.49. The van der Waals surface area contributed by atoms with Crippen LogP contribution in [-0.4, -0.2) is 44.0 Å². The molecule has 0 saturated carbocycles. The zero-order valence-electron chi connectivity index (χ0n) is 15.9. The Morgan fingerprint density at radius 1 is 1.07 bits per heavy atom. The van der Waals surface area contributed by atoms with E-state index in [1.165, 1.54) is 17.5 Å². The van der Waals surface area contributed by atoms with E-state index in [4.69, 9.17) is 0 Å². The zero-order valence-corrected chi connectivity index (χ0v) is 15.9. The van der Waals surface area contributed by atoms with Gasteiger partial charge in [0.2, 0.25) is 5.95 Å². The number of nitrogens with one attached hydrogen (secondary N) is 2. The molecular weight excluding hydrogens is 356 g/mol. The van der Waals surface area contributed by atoms with Crippen LogP contribution in [0.3, 0.4) is 0 Å². The van der Waals surface area contributed by atoms with Crippen molar-refractivity contribution in [2.45, 2.75) is 19.8 Å². The van der Waals surface area contributed by atoms with Crippen LogP contribution in [0.1, 0.15) is 29.0 Å². The lowest BCUT2D eigenvalue weighted by molar-refractivity contribution is 0.102. The van der Waals surface area contributed by atoms with Crippen LogP contribution in [-0.2, 0) is 7.05 Å². The van der Waals surface area contributed by atoms with Gasteiger partial charge >= 0.3 is 0 Å². The molecule has 2 N–H and O–H groups in total. The van der Waals surface area contributed by atoms with Crippen LogP contribution in [0.4, 0.5) is 23.1 Å². The summed E-state index contributed by atoms with van der Waals surface area (Å²) in [7, 11) is 1.72. The quantitative estimate of drug-likeness (QED) is 0.703. The number of aryl methyl sites for hydroxylation is 2. The Labute approximate surface area is 162 Å². The number of hydrogen-bond acceptors (Lipinski definition) is 7. The van der Waals surface area contributed by atoms with Crippen LogP contribution in [0.2, 0.25) is 0 Å². The van der Waals surface area contributed by atoms with Crippen LogP contribution < -0.4 is 15.5 Å². The molecule has 0 bridgehead atoms. The van der Waals surface area contributed by atoms with Crippen molar-refractivity contribution in [1.82, 2.24) is 25.0 Å². The number of hydrogen-bond donors (Lipinski definition) is 2. The molecule has 9 nitrogen and oxygen atoms in total. The van der Waals surface area contributed by atoms with Gasteiger partial charge in [-0.05, 0) is 44.0 Å². The minimum Gasteiger partial charge on any atom is -0.356 e. The molecule has 3 heterocycles. The van der Waals surface area contributed by atoms with E-state index in [1.54, 1.807) is 13.2 Å². The summed E-state index contributed by atoms with van der Waals surface area (Å²) >= 11 is 0. The fourth-order valence-electron chi connectivity index (χ4n) is 3.13. The van der Waals surface area contributed by atoms with E-state index in [9.17, 15) is 4.79 Å². The van der Waals surface area contributed by atoms with Gasteiger partial charge in [0, 0.05) is 43.3 Å². The standard InChI is InChI=1S/C19H22N8O/c1-13-11-17(27-9-3-4-10-27)23-19(20-13)22-15-7-5-14(6-8-15)21-18(28)16-12-26(2)25-24-16/h5-8,11-12H,3-4,9-10H2,1-2H3,(H,21,28)(H,20,22,23). The largest absolute Gasteiger partial charge is 0.356 e. The average molecular weight is 378 g/mol. The monoisotopic (exact) mass is 378 g/mol. The molecular formula is C19H22N8O. The molecule has 4 rings (SSSR count). The number of benzene rings is 1. The second-order valence-corrected chi connectivity index (χ2v) is 6.82. The van der Waals surface area contributed by atoms with E-state index in [0.717, 1.165) is 30.3 Å². The lowest BCUT2D eigenvalue weighted by atomic mass is 10.2. The molecule has 144 valence electrons. The van der Waals surface area contributed by atoms with Gasteiger partial charge in [-0.15, -0.1) is 5.10 Å². The highest BCUT2D eigenvalue weighted by Gasteiger charge is 2.15. The van der Waals surface area contributed by atoms with Crippen molar-refractivity contribution in [3.8, 4) is 0 Å². The third-order valence-corrected chi connectivity index (χ3v) is 4.50. The highest BCUT2D eigenvalue weighted by atomic mass is 16.2. The number of carbonyl (C=O) groups excluding carboxylic acids is 1. The van der Waals surface area contributed by atoms with Crippen molar-refractivity contribution in [3.63, 3.8) is 0 Å². The van der Waals surface area contributed by atoms with E-state index in [-0.39, 0.29) is 11.6 Å². The summed E-state index contributed by atoms with van der Waals surface area (Å²) in [6.45, 7) is 4.05. The maximum atomic E-state index is 12.1. The average Bonchev–Trinajstić information content (AvgIpc) is 3.35. The first-order chi connectivity index (χ1) is 13.6. The summed E-state index contributed by atoms with van der Waals surface area (Å²) in [5, 5.41) is 13.6. The Morgan fingerprint density at radius 3 is 2.46 bits per heavy atom. The van der Waals surface area contributed by atoms with Gasteiger partial charge in [-0.3, -0.25) is 9.48 Å². The predicted octanol–water partition coefficient (Wildman–Crippen LogP) is 2.51. The molecule has 2 aromatic heterocycles. The van der Waals surface area contributed by atoms with E-state index in [1.807, 2.05) is 37.3 Å². The van der Waals surface area contributed by atoms with Gasteiger partial charge in [0.1, 0.15) is 5.82 Å². The molecule has 1 amide bonds. The van der Waals surface area contributed by atoms with Gasteiger partial charge in [0.15, 0.2) is 5.69 Å². The van der Waals surface area contributed by atoms with Gasteiger partial charge in [-0.2, -0.15) is 4.98 Å². The Balaban J connectivity index is 1.43. The fraction of sp³-hybridized carbons (Fsp3) is 0.316. The molecule has 0 aliphatic carbocycles. The van der Waals surface area contributed by atoms with Gasteiger partial charge in [-0.1, -0.05) is 5.21 Å². The molecule has 1 fully saturated rings. The van der Waals surface area contributed by atoms with Crippen molar-refractivity contribution < 1.29 is 4.79 Å². The number of rotatable bonds is 5. The van der Waals surface area contributed by atoms with Crippen LogP contribution in [0.25, 0.3) is 0 Å². The molecule has 1 saturated heterocycles. The summed E-state index contributed by atoms with van der Waals surface area (Å²) in [6.07, 6.45) is 3.97. The Morgan fingerprint density at radius 2 is 1.79 bits per heavy atom. The van der Waals surface area contributed by atoms with E-state index in [2.05, 4.69) is 35.8 Å². The van der Waals surface area contributed by atoms with Crippen LogP contribution in [0.5, 0.6) is 0 Å². The van der Waals surface area contributed by atoms with Crippen molar-refractivity contribution in [2.24, 2.45) is 7.05 Å². The topological polar surface area (TPSA) is 101 Å². The molecule has 28 heavy (non-hydrogen) atoms. The maximum absolute atomic E-state index is 12.1. The summed E-state index contributed by atoms with van der Waals surface area (Å²) in [4.78, 5) is 23.5. The van der Waals surface area contributed by atoms with Crippen molar-refractivity contribution >= 4 is 29.0 Å². The zero-order chi connectivity index (χ0) is 19.5. The Kier molecular flexibility index (Phi) is 4.88. The second-order valence-electron chi connectivity index (χ2n) is 6.82. The normalized spacial score (nSPS) is 13.6. The molecule has 0 radical (unpaired) electrons. The smallest absolute Gasteiger partial charge is 0.277 e. The number of amides is 1. The SMILES string of the molecule is Cc1cc(N2CCCC2)nc(Nc2ccc(NC(=O)c3cn(C)nn3)cc2)n1. The minimum atomic E-state index is -0.300. The Bertz CT molecular complexity index is 976. The molecule has 1 aliphatic rings. The second kappa shape index (κ2) is 7.63. The lowest BCUT2D eigenvalue weighted by Gasteiger charge is -2.17.